The van der Waals surface area contributed by atoms with Gasteiger partial charge in [0.2, 0.25) is 5.91 Å². The van der Waals surface area contributed by atoms with Crippen molar-refractivity contribution in [1.29, 1.82) is 0 Å². The molecule has 1 fully saturated rings. The third kappa shape index (κ3) is 4.10. The average Bonchev–Trinajstić information content (AvgIpc) is 2.80. The number of piperidine rings is 1. The van der Waals surface area contributed by atoms with E-state index in [0.717, 1.165) is 16.7 Å². The molecule has 2 aromatic carbocycles. The van der Waals surface area contributed by atoms with Crippen LogP contribution in [0.15, 0.2) is 79.1 Å². The minimum atomic E-state index is -0.638. The number of carbonyl (C=O) groups is 2. The van der Waals surface area contributed by atoms with Crippen LogP contribution in [-0.2, 0) is 11.2 Å². The molecular weight excluding hydrogens is 374 g/mol. The highest BCUT2D eigenvalue weighted by atomic mass is 16.2. The van der Waals surface area contributed by atoms with Gasteiger partial charge >= 0.3 is 0 Å². The first-order chi connectivity index (χ1) is 14.6. The van der Waals surface area contributed by atoms with Crippen molar-refractivity contribution in [1.82, 2.24) is 9.88 Å². The Morgan fingerprint density at radius 3 is 2.33 bits per heavy atom. The summed E-state index contributed by atoms with van der Waals surface area (Å²) in [5.74, 6) is -0.340. The summed E-state index contributed by atoms with van der Waals surface area (Å²) >= 11 is 0. The summed E-state index contributed by atoms with van der Waals surface area (Å²) in [6.07, 6.45) is 4.92. The zero-order valence-electron chi connectivity index (χ0n) is 16.8. The number of primary amides is 1. The largest absolute Gasteiger partial charge is 0.369 e. The Labute approximate surface area is 176 Å². The molecule has 3 aromatic rings. The lowest BCUT2D eigenvalue weighted by Crippen LogP contribution is -2.49. The van der Waals surface area contributed by atoms with Crippen LogP contribution in [0, 0.1) is 5.41 Å². The molecule has 2 heterocycles. The fourth-order valence-electron chi connectivity index (χ4n) is 4.20. The van der Waals surface area contributed by atoms with Crippen molar-refractivity contribution in [2.75, 3.05) is 13.1 Å². The number of aromatic nitrogens is 1. The first kappa shape index (κ1) is 19.8. The lowest BCUT2D eigenvalue weighted by Gasteiger charge is -2.40. The van der Waals surface area contributed by atoms with Gasteiger partial charge in [-0.2, -0.15) is 0 Å². The van der Waals surface area contributed by atoms with Gasteiger partial charge in [-0.05, 0) is 48.1 Å². The second-order valence-electron chi connectivity index (χ2n) is 7.92. The zero-order chi connectivity index (χ0) is 21.0. The van der Waals surface area contributed by atoms with Crippen LogP contribution in [0.5, 0.6) is 0 Å². The molecule has 4 rings (SSSR count). The van der Waals surface area contributed by atoms with E-state index in [1.165, 1.54) is 0 Å². The highest BCUT2D eigenvalue weighted by molar-refractivity contribution is 5.94. The molecule has 1 aromatic heterocycles. The van der Waals surface area contributed by atoms with Gasteiger partial charge in [-0.3, -0.25) is 14.6 Å². The summed E-state index contributed by atoms with van der Waals surface area (Å²) in [6.45, 7) is 1.02. The number of hydrogen-bond donors (Lipinski definition) is 1. The van der Waals surface area contributed by atoms with Crippen LogP contribution in [-0.4, -0.2) is 34.8 Å². The molecule has 1 saturated heterocycles. The van der Waals surface area contributed by atoms with Crippen LogP contribution < -0.4 is 5.73 Å². The van der Waals surface area contributed by atoms with Crippen molar-refractivity contribution in [3.05, 3.63) is 90.3 Å². The highest BCUT2D eigenvalue weighted by Crippen LogP contribution is 2.36. The molecule has 0 bridgehead atoms. The topological polar surface area (TPSA) is 76.3 Å². The highest BCUT2D eigenvalue weighted by Gasteiger charge is 2.41. The third-order valence-corrected chi connectivity index (χ3v) is 6.02. The van der Waals surface area contributed by atoms with Crippen molar-refractivity contribution in [2.45, 2.75) is 19.3 Å². The van der Waals surface area contributed by atoms with E-state index in [4.69, 9.17) is 5.73 Å². The Bertz CT molecular complexity index is 1030. The number of nitrogens with zero attached hydrogens (tertiary/aromatic N) is 2. The Morgan fingerprint density at radius 1 is 0.933 bits per heavy atom. The molecule has 0 atom stereocenters. The number of benzene rings is 2. The van der Waals surface area contributed by atoms with Crippen molar-refractivity contribution >= 4 is 11.8 Å². The molecule has 0 unspecified atom stereocenters. The Hall–Kier alpha value is -3.47. The number of likely N-dealkylation sites (tertiary alicyclic amines) is 1. The molecule has 152 valence electrons. The van der Waals surface area contributed by atoms with Gasteiger partial charge in [-0.1, -0.05) is 54.6 Å². The molecule has 5 heteroatoms. The maximum absolute atomic E-state index is 12.7. The number of rotatable bonds is 5. The number of carbonyl (C=O) groups excluding carboxylic acids is 2. The summed E-state index contributed by atoms with van der Waals surface area (Å²) < 4.78 is 0. The van der Waals surface area contributed by atoms with E-state index in [0.29, 0.717) is 37.9 Å². The van der Waals surface area contributed by atoms with Crippen LogP contribution >= 0.6 is 0 Å². The van der Waals surface area contributed by atoms with Gasteiger partial charge in [-0.25, -0.2) is 0 Å². The molecule has 0 spiro atoms. The maximum atomic E-state index is 12.7. The molecule has 0 aliphatic carbocycles. The predicted octanol–water partition coefficient (Wildman–Crippen LogP) is 3.70. The molecule has 1 aliphatic heterocycles. The minimum Gasteiger partial charge on any atom is -0.369 e. The SMILES string of the molecule is NC(=O)C1(Cc2cccc(-c3ccccc3)c2)CCN(C(=O)c2cccnc2)CC1. The van der Waals surface area contributed by atoms with Gasteiger partial charge < -0.3 is 10.6 Å². The van der Waals surface area contributed by atoms with E-state index in [1.54, 1.807) is 29.4 Å². The first-order valence-electron chi connectivity index (χ1n) is 10.2. The van der Waals surface area contributed by atoms with Crippen molar-refractivity contribution in [3.63, 3.8) is 0 Å². The summed E-state index contributed by atoms with van der Waals surface area (Å²) in [5, 5.41) is 0. The Morgan fingerprint density at radius 2 is 1.67 bits per heavy atom. The van der Waals surface area contributed by atoms with Gasteiger partial charge in [0.25, 0.3) is 5.91 Å². The molecule has 2 N–H and O–H groups in total. The quantitative estimate of drug-likeness (QED) is 0.711. The number of pyridine rings is 1. The molecular formula is C25H25N3O2. The van der Waals surface area contributed by atoms with Crippen molar-refractivity contribution in [2.24, 2.45) is 11.1 Å². The van der Waals surface area contributed by atoms with E-state index >= 15 is 0 Å². The third-order valence-electron chi connectivity index (χ3n) is 6.02. The molecule has 30 heavy (non-hydrogen) atoms. The van der Waals surface area contributed by atoms with Crippen LogP contribution in [0.2, 0.25) is 0 Å². The summed E-state index contributed by atoms with van der Waals surface area (Å²) in [6, 6.07) is 22.0. The molecule has 5 nitrogen and oxygen atoms in total. The van der Waals surface area contributed by atoms with Crippen LogP contribution in [0.4, 0.5) is 0 Å². The fraction of sp³-hybridized carbons (Fsp3) is 0.240. The molecule has 1 aliphatic rings. The molecule has 2 amide bonds. The second kappa shape index (κ2) is 8.49. The van der Waals surface area contributed by atoms with Gasteiger partial charge in [0.15, 0.2) is 0 Å². The maximum Gasteiger partial charge on any atom is 0.255 e. The minimum absolute atomic E-state index is 0.0488. The first-order valence-corrected chi connectivity index (χ1v) is 10.2. The van der Waals surface area contributed by atoms with Gasteiger partial charge in [0.05, 0.1) is 11.0 Å². The van der Waals surface area contributed by atoms with E-state index in [9.17, 15) is 9.59 Å². The van der Waals surface area contributed by atoms with Gasteiger partial charge in [0.1, 0.15) is 0 Å². The number of nitrogens with two attached hydrogens (primary N) is 1. The average molecular weight is 399 g/mol. The van der Waals surface area contributed by atoms with Crippen LogP contribution in [0.25, 0.3) is 11.1 Å². The standard InChI is InChI=1S/C25H25N3O2/c26-24(30)25(11-14-28(15-12-25)23(29)22-10-5-13-27-18-22)17-19-6-4-9-21(16-19)20-7-2-1-3-8-20/h1-10,13,16,18H,11-12,14-15,17H2,(H2,26,30). The van der Waals surface area contributed by atoms with Crippen LogP contribution in [0.1, 0.15) is 28.8 Å². The summed E-state index contributed by atoms with van der Waals surface area (Å²) in [4.78, 5) is 31.0. The molecule has 0 radical (unpaired) electrons. The lowest BCUT2D eigenvalue weighted by atomic mass is 9.73. The van der Waals surface area contributed by atoms with Crippen LogP contribution in [0.3, 0.4) is 0 Å². The summed E-state index contributed by atoms with van der Waals surface area (Å²) in [7, 11) is 0. The fourth-order valence-corrected chi connectivity index (χ4v) is 4.20. The van der Waals surface area contributed by atoms with Crippen molar-refractivity contribution < 1.29 is 9.59 Å². The summed E-state index contributed by atoms with van der Waals surface area (Å²) in [5.41, 5.74) is 9.16. The normalized spacial score (nSPS) is 15.5. The monoisotopic (exact) mass is 399 g/mol. The van der Waals surface area contributed by atoms with E-state index in [1.807, 2.05) is 30.3 Å². The number of hydrogen-bond acceptors (Lipinski definition) is 3. The molecule has 0 saturated carbocycles. The smallest absolute Gasteiger partial charge is 0.255 e. The van der Waals surface area contributed by atoms with Gasteiger partial charge in [-0.15, -0.1) is 0 Å². The Kier molecular flexibility index (Phi) is 5.61. The van der Waals surface area contributed by atoms with E-state index in [-0.39, 0.29) is 11.8 Å². The predicted molar refractivity (Wildman–Crippen MR) is 117 cm³/mol. The van der Waals surface area contributed by atoms with Gasteiger partial charge in [0, 0.05) is 25.5 Å². The lowest BCUT2D eigenvalue weighted by molar-refractivity contribution is -0.130. The Balaban J connectivity index is 1.50. The zero-order valence-corrected chi connectivity index (χ0v) is 16.8. The second-order valence-corrected chi connectivity index (χ2v) is 7.92. The van der Waals surface area contributed by atoms with Crippen molar-refractivity contribution in [3.8, 4) is 11.1 Å². The van der Waals surface area contributed by atoms with E-state index in [2.05, 4.69) is 29.2 Å². The van der Waals surface area contributed by atoms with E-state index < -0.39 is 5.41 Å². The number of amides is 2.